The van der Waals surface area contributed by atoms with E-state index in [4.69, 9.17) is 9.47 Å². The van der Waals surface area contributed by atoms with Gasteiger partial charge in [-0.25, -0.2) is 4.79 Å². The molecule has 0 heterocycles. The number of hydrogen-bond acceptors (Lipinski definition) is 3. The molecule has 0 fully saturated rings. The molecule has 1 aromatic carbocycles. The summed E-state index contributed by atoms with van der Waals surface area (Å²) < 4.78 is 11.1. The van der Waals surface area contributed by atoms with E-state index in [9.17, 15) is 4.79 Å². The van der Waals surface area contributed by atoms with Gasteiger partial charge in [0.05, 0.1) is 12.2 Å². The Bertz CT molecular complexity index is 539. The van der Waals surface area contributed by atoms with Crippen molar-refractivity contribution in [2.24, 2.45) is 5.92 Å². The average molecular weight is 419 g/mol. The quantitative estimate of drug-likeness (QED) is 0.182. The zero-order chi connectivity index (χ0) is 22.0. The molecule has 172 valence electrons. The molecule has 3 heteroatoms. The molecule has 0 unspecified atom stereocenters. The molecule has 0 amide bonds. The monoisotopic (exact) mass is 418 g/mol. The van der Waals surface area contributed by atoms with Crippen LogP contribution in [0, 0.1) is 5.92 Å². The number of esters is 1. The molecule has 0 aliphatic rings. The molecule has 1 aromatic rings. The van der Waals surface area contributed by atoms with E-state index in [1.54, 1.807) is 0 Å². The van der Waals surface area contributed by atoms with Crippen LogP contribution in [0.2, 0.25) is 0 Å². The standard InChI is InChI=1S/C27H46O3/c1-5-7-15-24-20-25(16-8-6-2)22-26(21-24)27(28)30-19-18-29-17-13-11-9-10-12-14-23(3)4/h20-23H,5-19H2,1-4H3. The summed E-state index contributed by atoms with van der Waals surface area (Å²) in [6.45, 7) is 10.5. The Morgan fingerprint density at radius 3 is 1.97 bits per heavy atom. The van der Waals surface area contributed by atoms with Crippen molar-refractivity contribution >= 4 is 5.97 Å². The Morgan fingerprint density at radius 1 is 0.767 bits per heavy atom. The van der Waals surface area contributed by atoms with Gasteiger partial charge in [-0.1, -0.05) is 78.7 Å². The molecule has 0 saturated carbocycles. The molecule has 3 nitrogen and oxygen atoms in total. The van der Waals surface area contributed by atoms with Crippen LogP contribution in [0.5, 0.6) is 0 Å². The fraction of sp³-hybridized carbons (Fsp3) is 0.741. The van der Waals surface area contributed by atoms with Gasteiger partial charge in [0.1, 0.15) is 6.61 Å². The van der Waals surface area contributed by atoms with E-state index in [1.807, 2.05) is 12.1 Å². The highest BCUT2D eigenvalue weighted by molar-refractivity contribution is 5.89. The first-order chi connectivity index (χ1) is 14.6. The molecule has 0 aliphatic carbocycles. The van der Waals surface area contributed by atoms with Crippen molar-refractivity contribution in [3.63, 3.8) is 0 Å². The van der Waals surface area contributed by atoms with Crippen molar-refractivity contribution in [1.29, 1.82) is 0 Å². The molecule has 0 bridgehead atoms. The van der Waals surface area contributed by atoms with Gasteiger partial charge < -0.3 is 9.47 Å². The molecular formula is C27H46O3. The minimum Gasteiger partial charge on any atom is -0.460 e. The van der Waals surface area contributed by atoms with Crippen molar-refractivity contribution in [3.8, 4) is 0 Å². The lowest BCUT2D eigenvalue weighted by Crippen LogP contribution is -2.12. The van der Waals surface area contributed by atoms with Gasteiger partial charge in [-0.05, 0) is 61.3 Å². The molecule has 0 saturated heterocycles. The highest BCUT2D eigenvalue weighted by atomic mass is 16.6. The summed E-state index contributed by atoms with van der Waals surface area (Å²) in [6.07, 6.45) is 14.3. The largest absolute Gasteiger partial charge is 0.460 e. The first kappa shape index (κ1) is 26.7. The molecule has 30 heavy (non-hydrogen) atoms. The van der Waals surface area contributed by atoms with E-state index < -0.39 is 0 Å². The summed E-state index contributed by atoms with van der Waals surface area (Å²) >= 11 is 0. The molecule has 0 aromatic heterocycles. The number of benzene rings is 1. The van der Waals surface area contributed by atoms with Crippen LogP contribution in [0.15, 0.2) is 18.2 Å². The minimum absolute atomic E-state index is 0.222. The number of carbonyl (C=O) groups is 1. The Balaban J connectivity index is 2.26. The van der Waals surface area contributed by atoms with Gasteiger partial charge in [0.15, 0.2) is 0 Å². The highest BCUT2D eigenvalue weighted by Gasteiger charge is 2.10. The highest BCUT2D eigenvalue weighted by Crippen LogP contribution is 2.16. The van der Waals surface area contributed by atoms with Gasteiger partial charge in [0, 0.05) is 6.61 Å². The topological polar surface area (TPSA) is 35.5 Å². The zero-order valence-corrected chi connectivity index (χ0v) is 20.1. The normalized spacial score (nSPS) is 11.2. The average Bonchev–Trinajstić information content (AvgIpc) is 2.74. The summed E-state index contributed by atoms with van der Waals surface area (Å²) in [5.41, 5.74) is 3.19. The second kappa shape index (κ2) is 17.3. The number of carbonyl (C=O) groups excluding carboxylic acids is 1. The van der Waals surface area contributed by atoms with Gasteiger partial charge >= 0.3 is 5.97 Å². The second-order valence-corrected chi connectivity index (χ2v) is 8.94. The first-order valence-electron chi connectivity index (χ1n) is 12.4. The lowest BCUT2D eigenvalue weighted by Gasteiger charge is -2.10. The number of ether oxygens (including phenoxy) is 2. The van der Waals surface area contributed by atoms with E-state index in [0.29, 0.717) is 18.8 Å². The number of unbranched alkanes of at least 4 members (excludes halogenated alkanes) is 6. The van der Waals surface area contributed by atoms with Crippen LogP contribution in [0.4, 0.5) is 0 Å². The fourth-order valence-electron chi connectivity index (χ4n) is 3.60. The number of hydrogen-bond donors (Lipinski definition) is 0. The molecular weight excluding hydrogens is 372 g/mol. The van der Waals surface area contributed by atoms with E-state index in [-0.39, 0.29) is 5.97 Å². The van der Waals surface area contributed by atoms with Crippen molar-refractivity contribution in [2.75, 3.05) is 19.8 Å². The van der Waals surface area contributed by atoms with Gasteiger partial charge in [-0.15, -0.1) is 0 Å². The van der Waals surface area contributed by atoms with E-state index in [2.05, 4.69) is 33.8 Å². The summed E-state index contributed by atoms with van der Waals surface area (Å²) in [5, 5.41) is 0. The molecule has 0 spiro atoms. The summed E-state index contributed by atoms with van der Waals surface area (Å²) in [7, 11) is 0. The van der Waals surface area contributed by atoms with Crippen molar-refractivity contribution in [3.05, 3.63) is 34.9 Å². The van der Waals surface area contributed by atoms with Gasteiger partial charge in [0.2, 0.25) is 0 Å². The molecule has 0 atom stereocenters. The van der Waals surface area contributed by atoms with Crippen LogP contribution in [0.3, 0.4) is 0 Å². The maximum Gasteiger partial charge on any atom is 0.338 e. The van der Waals surface area contributed by atoms with Crippen LogP contribution in [-0.2, 0) is 22.3 Å². The maximum absolute atomic E-state index is 12.5. The van der Waals surface area contributed by atoms with Crippen LogP contribution < -0.4 is 0 Å². The summed E-state index contributed by atoms with van der Waals surface area (Å²) in [6, 6.07) is 6.27. The van der Waals surface area contributed by atoms with Crippen LogP contribution in [0.25, 0.3) is 0 Å². The Labute approximate surface area is 185 Å². The van der Waals surface area contributed by atoms with E-state index in [1.165, 1.54) is 43.2 Å². The number of rotatable bonds is 18. The Hall–Kier alpha value is -1.35. The molecule has 0 aliphatic heterocycles. The van der Waals surface area contributed by atoms with Crippen molar-refractivity contribution in [2.45, 2.75) is 105 Å². The third-order valence-corrected chi connectivity index (χ3v) is 5.46. The maximum atomic E-state index is 12.5. The van der Waals surface area contributed by atoms with E-state index in [0.717, 1.165) is 57.5 Å². The van der Waals surface area contributed by atoms with Gasteiger partial charge in [0.25, 0.3) is 0 Å². The smallest absolute Gasteiger partial charge is 0.338 e. The predicted molar refractivity (Wildman–Crippen MR) is 127 cm³/mol. The van der Waals surface area contributed by atoms with Crippen molar-refractivity contribution < 1.29 is 14.3 Å². The van der Waals surface area contributed by atoms with E-state index >= 15 is 0 Å². The minimum atomic E-state index is -0.222. The lowest BCUT2D eigenvalue weighted by atomic mass is 9.99. The summed E-state index contributed by atoms with van der Waals surface area (Å²) in [5.74, 6) is 0.595. The zero-order valence-electron chi connectivity index (χ0n) is 20.1. The van der Waals surface area contributed by atoms with Gasteiger partial charge in [-0.3, -0.25) is 0 Å². The van der Waals surface area contributed by atoms with Crippen molar-refractivity contribution in [1.82, 2.24) is 0 Å². The first-order valence-corrected chi connectivity index (χ1v) is 12.4. The SMILES string of the molecule is CCCCc1cc(CCCC)cc(C(=O)OCCOCCCCCCCC(C)C)c1. The third kappa shape index (κ3) is 13.1. The number of aryl methyl sites for hydroxylation is 2. The molecule has 1 rings (SSSR count). The summed E-state index contributed by atoms with van der Waals surface area (Å²) in [4.78, 5) is 12.5. The van der Waals surface area contributed by atoms with Gasteiger partial charge in [-0.2, -0.15) is 0 Å². The Kier molecular flexibility index (Phi) is 15.4. The van der Waals surface area contributed by atoms with Crippen LogP contribution in [0.1, 0.15) is 113 Å². The third-order valence-electron chi connectivity index (χ3n) is 5.46. The Morgan fingerprint density at radius 2 is 1.37 bits per heavy atom. The molecule has 0 N–H and O–H groups in total. The van der Waals surface area contributed by atoms with Crippen LogP contribution in [-0.4, -0.2) is 25.8 Å². The fourth-order valence-corrected chi connectivity index (χ4v) is 3.60. The molecule has 0 radical (unpaired) electrons. The predicted octanol–water partition coefficient (Wildman–Crippen LogP) is 7.54. The van der Waals surface area contributed by atoms with Crippen LogP contribution >= 0.6 is 0 Å². The lowest BCUT2D eigenvalue weighted by molar-refractivity contribution is 0.0312. The second-order valence-electron chi connectivity index (χ2n) is 8.94.